The van der Waals surface area contributed by atoms with E-state index in [-0.39, 0.29) is 0 Å². The van der Waals surface area contributed by atoms with E-state index in [0.29, 0.717) is 11.1 Å². The summed E-state index contributed by atoms with van der Waals surface area (Å²) in [6, 6.07) is 6.90. The van der Waals surface area contributed by atoms with Gasteiger partial charge in [-0.05, 0) is 6.07 Å². The number of nitrogens with zero attached hydrogens (tertiary/aromatic N) is 1. The lowest BCUT2D eigenvalue weighted by Crippen LogP contribution is -3.06. The highest BCUT2D eigenvalue weighted by Gasteiger charge is 2.20. The number of rotatable bonds is 0. The fourth-order valence-electron chi connectivity index (χ4n) is 1.12. The van der Waals surface area contributed by atoms with E-state index in [2.05, 4.69) is 5.10 Å². The van der Waals surface area contributed by atoms with Gasteiger partial charge < -0.3 is 5.21 Å². The molecule has 1 atom stereocenters. The number of nitrogens with one attached hydrogen (secondary N) is 1. The number of amides is 1. The fourth-order valence-corrected chi connectivity index (χ4v) is 1.12. The van der Waals surface area contributed by atoms with Crippen LogP contribution in [0.1, 0.15) is 15.9 Å². The average Bonchev–Trinajstić information content (AvgIpc) is 2.12. The van der Waals surface area contributed by atoms with Gasteiger partial charge in [-0.2, -0.15) is 5.17 Å². The smallest absolute Gasteiger partial charge is 0.371 e. The Bertz CT molecular complexity index is 360. The van der Waals surface area contributed by atoms with Crippen molar-refractivity contribution in [3.63, 3.8) is 0 Å². The first kappa shape index (κ1) is 7.15. The highest BCUT2D eigenvalue weighted by Crippen LogP contribution is 2.06. The molecular formula is C8H6N2O2. The molecule has 1 unspecified atom stereocenters. The number of benzene rings is 1. The van der Waals surface area contributed by atoms with Crippen LogP contribution in [0, 0.1) is 5.21 Å². The summed E-state index contributed by atoms with van der Waals surface area (Å²) in [6.07, 6.45) is 1.42. The normalized spacial score (nSPS) is 20.8. The monoisotopic (exact) mass is 162 g/mol. The number of fused-ring (bicyclic) bond motifs is 1. The highest BCUT2D eigenvalue weighted by atomic mass is 16.5. The van der Waals surface area contributed by atoms with E-state index in [0.717, 1.165) is 0 Å². The number of hydroxylamine groups is 1. The first-order chi connectivity index (χ1) is 5.79. The Morgan fingerprint density at radius 3 is 2.92 bits per heavy atom. The SMILES string of the molecule is O=C1c2ccccc2C=N[NH+]1[O-]. The van der Waals surface area contributed by atoms with Crippen molar-refractivity contribution in [2.24, 2.45) is 5.10 Å². The van der Waals surface area contributed by atoms with Crippen molar-refractivity contribution in [2.45, 2.75) is 0 Å². The van der Waals surface area contributed by atoms with Gasteiger partial charge in [-0.1, -0.05) is 23.3 Å². The van der Waals surface area contributed by atoms with Crippen LogP contribution in [0.4, 0.5) is 0 Å². The van der Waals surface area contributed by atoms with Crippen LogP contribution < -0.4 is 5.17 Å². The van der Waals surface area contributed by atoms with E-state index in [4.69, 9.17) is 0 Å². The zero-order valence-corrected chi connectivity index (χ0v) is 6.15. The van der Waals surface area contributed by atoms with Crippen molar-refractivity contribution in [3.05, 3.63) is 40.6 Å². The van der Waals surface area contributed by atoms with Crippen LogP contribution in [0.3, 0.4) is 0 Å². The number of quaternary nitrogens is 1. The van der Waals surface area contributed by atoms with Crippen molar-refractivity contribution in [3.8, 4) is 0 Å². The first-order valence-corrected chi connectivity index (χ1v) is 3.51. The third kappa shape index (κ3) is 0.939. The van der Waals surface area contributed by atoms with Crippen molar-refractivity contribution >= 4 is 12.1 Å². The van der Waals surface area contributed by atoms with Crippen molar-refractivity contribution in [1.82, 2.24) is 0 Å². The van der Waals surface area contributed by atoms with E-state index in [1.54, 1.807) is 24.3 Å². The number of hydrogen-bond acceptors (Lipinski definition) is 3. The largest absolute Gasteiger partial charge is 0.599 e. The molecule has 1 heterocycles. The lowest BCUT2D eigenvalue weighted by atomic mass is 10.1. The molecule has 1 aromatic carbocycles. The van der Waals surface area contributed by atoms with Gasteiger partial charge in [0.2, 0.25) is 0 Å². The van der Waals surface area contributed by atoms with E-state index in [9.17, 15) is 10.0 Å². The Morgan fingerprint density at radius 2 is 2.08 bits per heavy atom. The number of carbonyl (C=O) groups excluding carboxylic acids is 1. The van der Waals surface area contributed by atoms with Gasteiger partial charge in [0.15, 0.2) is 0 Å². The van der Waals surface area contributed by atoms with Gasteiger partial charge in [-0.25, -0.2) is 4.79 Å². The lowest BCUT2D eigenvalue weighted by molar-refractivity contribution is -0.764. The predicted molar refractivity (Wildman–Crippen MR) is 42.7 cm³/mol. The van der Waals surface area contributed by atoms with Crippen LogP contribution in [-0.4, -0.2) is 12.1 Å². The maximum Gasteiger partial charge on any atom is 0.371 e. The second kappa shape index (κ2) is 2.51. The molecule has 0 saturated carbocycles. The standard InChI is InChI=1S/C8H6N2O2/c11-8-7-4-2-1-3-6(7)5-9-10(8)12/h1-5,10H. The van der Waals surface area contributed by atoms with Crippen LogP contribution in [0.25, 0.3) is 0 Å². The third-order valence-electron chi connectivity index (χ3n) is 1.72. The van der Waals surface area contributed by atoms with Crippen LogP contribution >= 0.6 is 0 Å². The second-order valence-electron chi connectivity index (χ2n) is 2.48. The summed E-state index contributed by atoms with van der Waals surface area (Å²) >= 11 is 0. The maximum atomic E-state index is 11.2. The Hall–Kier alpha value is -1.52. The minimum atomic E-state index is -0.686. The van der Waals surface area contributed by atoms with Crippen LogP contribution in [0.15, 0.2) is 29.4 Å². The quantitative estimate of drug-likeness (QED) is 0.525. The van der Waals surface area contributed by atoms with Gasteiger partial charge in [-0.3, -0.25) is 0 Å². The summed E-state index contributed by atoms with van der Waals surface area (Å²) in [5, 5.41) is 13.6. The van der Waals surface area contributed by atoms with Gasteiger partial charge in [-0.15, -0.1) is 0 Å². The maximum absolute atomic E-state index is 11.2. The molecule has 0 aromatic heterocycles. The second-order valence-corrected chi connectivity index (χ2v) is 2.48. The van der Waals surface area contributed by atoms with Crippen molar-refractivity contribution in [1.29, 1.82) is 0 Å². The zero-order valence-electron chi connectivity index (χ0n) is 6.15. The molecule has 0 bridgehead atoms. The van der Waals surface area contributed by atoms with Crippen molar-refractivity contribution in [2.75, 3.05) is 0 Å². The molecule has 60 valence electrons. The molecule has 0 radical (unpaired) electrons. The Morgan fingerprint density at radius 1 is 1.33 bits per heavy atom. The lowest BCUT2D eigenvalue weighted by Gasteiger charge is -2.16. The van der Waals surface area contributed by atoms with Crippen LogP contribution in [0.2, 0.25) is 0 Å². The van der Waals surface area contributed by atoms with E-state index < -0.39 is 11.1 Å². The summed E-state index contributed by atoms with van der Waals surface area (Å²) in [7, 11) is 0. The number of carbonyl (C=O) groups is 1. The molecule has 1 aliphatic heterocycles. The molecule has 1 N–H and O–H groups in total. The Kier molecular flexibility index (Phi) is 1.49. The molecule has 1 aliphatic rings. The Labute approximate surface area is 68.7 Å². The summed E-state index contributed by atoms with van der Waals surface area (Å²) in [6.45, 7) is 0. The average molecular weight is 162 g/mol. The predicted octanol–water partition coefficient (Wildman–Crippen LogP) is -0.443. The number of hydrogen-bond donors (Lipinski definition) is 1. The summed E-state index contributed by atoms with van der Waals surface area (Å²) < 4.78 is 0. The van der Waals surface area contributed by atoms with Gasteiger partial charge in [0, 0.05) is 5.56 Å². The minimum absolute atomic E-state index is 0.442. The topological polar surface area (TPSA) is 56.9 Å². The molecular weight excluding hydrogens is 156 g/mol. The molecule has 2 rings (SSSR count). The highest BCUT2D eigenvalue weighted by molar-refractivity contribution is 6.00. The van der Waals surface area contributed by atoms with E-state index in [1.165, 1.54) is 6.21 Å². The molecule has 1 amide bonds. The summed E-state index contributed by atoms with van der Waals surface area (Å²) in [4.78, 5) is 11.2. The molecule has 12 heavy (non-hydrogen) atoms. The summed E-state index contributed by atoms with van der Waals surface area (Å²) in [5.41, 5.74) is 1.15. The van der Waals surface area contributed by atoms with Gasteiger partial charge in [0.05, 0.1) is 11.8 Å². The molecule has 1 aromatic rings. The Balaban J connectivity index is 2.59. The van der Waals surface area contributed by atoms with E-state index in [1.807, 2.05) is 0 Å². The summed E-state index contributed by atoms with van der Waals surface area (Å²) in [5.74, 6) is -0.520. The van der Waals surface area contributed by atoms with Crippen LogP contribution in [-0.2, 0) is 0 Å². The molecule has 0 spiro atoms. The van der Waals surface area contributed by atoms with Crippen molar-refractivity contribution < 1.29 is 9.97 Å². The van der Waals surface area contributed by atoms with Gasteiger partial charge >= 0.3 is 5.91 Å². The molecule has 4 heteroatoms. The minimum Gasteiger partial charge on any atom is -0.599 e. The van der Waals surface area contributed by atoms with Gasteiger partial charge in [0.25, 0.3) is 0 Å². The van der Waals surface area contributed by atoms with Crippen LogP contribution in [0.5, 0.6) is 0 Å². The molecule has 4 nitrogen and oxygen atoms in total. The first-order valence-electron chi connectivity index (χ1n) is 3.51. The fraction of sp³-hybridized carbons (Fsp3) is 0. The molecule has 0 saturated heterocycles. The molecule has 0 fully saturated rings. The third-order valence-corrected chi connectivity index (χ3v) is 1.72. The zero-order chi connectivity index (χ0) is 8.55. The van der Waals surface area contributed by atoms with Gasteiger partial charge in [0.1, 0.15) is 0 Å². The van der Waals surface area contributed by atoms with E-state index >= 15 is 0 Å². The molecule has 0 aliphatic carbocycles.